The second kappa shape index (κ2) is 10.3. The van der Waals surface area contributed by atoms with Crippen LogP contribution in [0.5, 0.6) is 5.75 Å². The van der Waals surface area contributed by atoms with Gasteiger partial charge in [0.15, 0.2) is 0 Å². The van der Waals surface area contributed by atoms with E-state index in [0.717, 1.165) is 11.3 Å². The number of nitrogens with one attached hydrogen (secondary N) is 1. The van der Waals surface area contributed by atoms with Crippen molar-refractivity contribution in [2.75, 3.05) is 44.5 Å². The third kappa shape index (κ3) is 5.61. The summed E-state index contributed by atoms with van der Waals surface area (Å²) >= 11 is 0. The van der Waals surface area contributed by atoms with Gasteiger partial charge < -0.3 is 15.0 Å². The summed E-state index contributed by atoms with van der Waals surface area (Å²) < 4.78 is 32.2. The molecule has 2 rings (SSSR count). The van der Waals surface area contributed by atoms with Gasteiger partial charge in [-0.05, 0) is 42.0 Å². The Bertz CT molecular complexity index is 996. The van der Waals surface area contributed by atoms with E-state index in [1.165, 1.54) is 16.4 Å². The number of hydrogen-bond donors (Lipinski definition) is 1. The minimum Gasteiger partial charge on any atom is -0.497 e. The van der Waals surface area contributed by atoms with Crippen molar-refractivity contribution in [3.8, 4) is 5.75 Å². The van der Waals surface area contributed by atoms with Gasteiger partial charge in [-0.25, -0.2) is 8.42 Å². The van der Waals surface area contributed by atoms with Crippen LogP contribution in [0.3, 0.4) is 0 Å². The van der Waals surface area contributed by atoms with Gasteiger partial charge in [-0.15, -0.1) is 0 Å². The fourth-order valence-corrected chi connectivity index (χ4v) is 4.42. The predicted octanol–water partition coefficient (Wildman–Crippen LogP) is 3.44. The molecule has 0 spiro atoms. The highest BCUT2D eigenvalue weighted by Gasteiger charge is 2.23. The van der Waals surface area contributed by atoms with E-state index in [2.05, 4.69) is 5.32 Å². The van der Waals surface area contributed by atoms with Crippen LogP contribution in [0.15, 0.2) is 53.4 Å². The lowest BCUT2D eigenvalue weighted by atomic mass is 10.2. The van der Waals surface area contributed by atoms with Gasteiger partial charge >= 0.3 is 0 Å². The van der Waals surface area contributed by atoms with Crippen molar-refractivity contribution in [2.45, 2.75) is 18.7 Å². The molecule has 8 heteroatoms. The molecule has 7 nitrogen and oxygen atoms in total. The first-order valence-electron chi connectivity index (χ1n) is 9.67. The van der Waals surface area contributed by atoms with Gasteiger partial charge in [0.05, 0.1) is 23.4 Å². The first-order valence-corrected chi connectivity index (χ1v) is 11.1. The van der Waals surface area contributed by atoms with Crippen molar-refractivity contribution < 1.29 is 17.9 Å². The van der Waals surface area contributed by atoms with E-state index in [9.17, 15) is 13.2 Å². The molecule has 2 aromatic rings. The summed E-state index contributed by atoms with van der Waals surface area (Å²) in [5.74, 6) is 0.379. The molecule has 30 heavy (non-hydrogen) atoms. The SMILES string of the molecule is CCN(CC)S(=O)(=O)c1ccc(N(C)C)c(NC(=O)/C=C/c2ccc(OC)cc2)c1. The molecule has 0 atom stereocenters. The zero-order valence-corrected chi connectivity index (χ0v) is 18.9. The van der Waals surface area contributed by atoms with Crippen LogP contribution in [0.2, 0.25) is 0 Å². The molecule has 0 aliphatic heterocycles. The minimum absolute atomic E-state index is 0.145. The summed E-state index contributed by atoms with van der Waals surface area (Å²) in [6.45, 7) is 4.34. The second-order valence-corrected chi connectivity index (χ2v) is 8.70. The van der Waals surface area contributed by atoms with Gasteiger partial charge in [0.1, 0.15) is 5.75 Å². The molecule has 0 unspecified atom stereocenters. The number of methoxy groups -OCH3 is 1. The Morgan fingerprint density at radius 1 is 1.07 bits per heavy atom. The van der Waals surface area contributed by atoms with Crippen LogP contribution in [0, 0.1) is 0 Å². The number of amides is 1. The zero-order chi connectivity index (χ0) is 22.3. The number of carbonyl (C=O) groups excluding carboxylic acids is 1. The normalized spacial score (nSPS) is 11.7. The first kappa shape index (κ1) is 23.4. The molecule has 1 amide bonds. The van der Waals surface area contributed by atoms with Crippen LogP contribution < -0.4 is 15.0 Å². The van der Waals surface area contributed by atoms with Crippen LogP contribution >= 0.6 is 0 Å². The summed E-state index contributed by atoms with van der Waals surface area (Å²) in [5.41, 5.74) is 1.98. The highest BCUT2D eigenvalue weighted by molar-refractivity contribution is 7.89. The lowest BCUT2D eigenvalue weighted by molar-refractivity contribution is -0.111. The summed E-state index contributed by atoms with van der Waals surface area (Å²) in [4.78, 5) is 14.5. The van der Waals surface area contributed by atoms with Crippen LogP contribution in [0.4, 0.5) is 11.4 Å². The zero-order valence-electron chi connectivity index (χ0n) is 18.0. The van der Waals surface area contributed by atoms with E-state index < -0.39 is 10.0 Å². The molecule has 0 saturated heterocycles. The number of sulfonamides is 1. The summed E-state index contributed by atoms with van der Waals surface area (Å²) in [6, 6.07) is 12.1. The third-order valence-corrected chi connectivity index (χ3v) is 6.64. The lowest BCUT2D eigenvalue weighted by Crippen LogP contribution is -2.30. The van der Waals surface area contributed by atoms with Gasteiger partial charge in [0.25, 0.3) is 0 Å². The second-order valence-electron chi connectivity index (χ2n) is 6.76. The predicted molar refractivity (Wildman–Crippen MR) is 122 cm³/mol. The summed E-state index contributed by atoms with van der Waals surface area (Å²) in [5, 5.41) is 2.80. The maximum Gasteiger partial charge on any atom is 0.248 e. The van der Waals surface area contributed by atoms with Crippen LogP contribution in [-0.4, -0.2) is 52.9 Å². The van der Waals surface area contributed by atoms with E-state index in [1.54, 1.807) is 39.2 Å². The molecule has 2 aromatic carbocycles. The molecule has 0 aliphatic carbocycles. The Hall–Kier alpha value is -2.84. The van der Waals surface area contributed by atoms with Crippen molar-refractivity contribution in [1.29, 1.82) is 0 Å². The topological polar surface area (TPSA) is 79.0 Å². The fraction of sp³-hybridized carbons (Fsp3) is 0.318. The number of nitrogens with zero attached hydrogens (tertiary/aromatic N) is 2. The van der Waals surface area contributed by atoms with E-state index >= 15 is 0 Å². The van der Waals surface area contributed by atoms with Gasteiger partial charge in [0.2, 0.25) is 15.9 Å². The Kier molecular flexibility index (Phi) is 8.02. The highest BCUT2D eigenvalue weighted by Crippen LogP contribution is 2.29. The van der Waals surface area contributed by atoms with Crippen LogP contribution in [0.1, 0.15) is 19.4 Å². The maximum atomic E-state index is 12.9. The molecule has 0 fully saturated rings. The quantitative estimate of drug-likeness (QED) is 0.616. The Morgan fingerprint density at radius 3 is 2.23 bits per heavy atom. The first-order chi connectivity index (χ1) is 14.2. The number of carbonyl (C=O) groups is 1. The van der Waals surface area contributed by atoms with E-state index in [-0.39, 0.29) is 10.8 Å². The number of rotatable bonds is 9. The smallest absolute Gasteiger partial charge is 0.248 e. The number of anilines is 2. The lowest BCUT2D eigenvalue weighted by Gasteiger charge is -2.22. The fourth-order valence-electron chi connectivity index (χ4n) is 2.94. The Morgan fingerprint density at radius 2 is 1.70 bits per heavy atom. The van der Waals surface area contributed by atoms with Crippen molar-refractivity contribution in [3.63, 3.8) is 0 Å². The number of benzene rings is 2. The molecular formula is C22H29N3O4S. The van der Waals surface area contributed by atoms with Gasteiger partial charge in [-0.2, -0.15) is 4.31 Å². The van der Waals surface area contributed by atoms with Gasteiger partial charge in [-0.1, -0.05) is 26.0 Å². The monoisotopic (exact) mass is 431 g/mol. The molecule has 0 bridgehead atoms. The van der Waals surface area contributed by atoms with E-state index in [0.29, 0.717) is 24.5 Å². The molecule has 0 saturated carbocycles. The van der Waals surface area contributed by atoms with Crippen molar-refractivity contribution in [2.24, 2.45) is 0 Å². The molecule has 0 heterocycles. The maximum absolute atomic E-state index is 12.9. The number of hydrogen-bond acceptors (Lipinski definition) is 5. The Balaban J connectivity index is 2.29. The highest BCUT2D eigenvalue weighted by atomic mass is 32.2. The third-order valence-electron chi connectivity index (χ3n) is 4.59. The average Bonchev–Trinajstić information content (AvgIpc) is 2.73. The molecule has 0 aliphatic rings. The van der Waals surface area contributed by atoms with Crippen molar-refractivity contribution in [3.05, 3.63) is 54.1 Å². The molecule has 0 radical (unpaired) electrons. The molecule has 1 N–H and O–H groups in total. The largest absolute Gasteiger partial charge is 0.497 e. The number of ether oxygens (including phenoxy) is 1. The van der Waals surface area contributed by atoms with Gasteiger partial charge in [0, 0.05) is 33.3 Å². The van der Waals surface area contributed by atoms with Gasteiger partial charge in [-0.3, -0.25) is 4.79 Å². The summed E-state index contributed by atoms with van der Waals surface area (Å²) in [6.07, 6.45) is 3.09. The van der Waals surface area contributed by atoms with Crippen LogP contribution in [0.25, 0.3) is 6.08 Å². The molecule has 162 valence electrons. The van der Waals surface area contributed by atoms with Crippen LogP contribution in [-0.2, 0) is 14.8 Å². The van der Waals surface area contributed by atoms with Crippen molar-refractivity contribution >= 4 is 33.4 Å². The van der Waals surface area contributed by atoms with E-state index in [1.807, 2.05) is 43.3 Å². The van der Waals surface area contributed by atoms with Crippen molar-refractivity contribution in [1.82, 2.24) is 4.31 Å². The summed E-state index contributed by atoms with van der Waals surface area (Å²) in [7, 11) is 1.62. The molecule has 0 aromatic heterocycles. The molecular weight excluding hydrogens is 402 g/mol. The standard InChI is InChI=1S/C22H29N3O4S/c1-6-25(7-2)30(27,28)19-13-14-21(24(3)4)20(16-19)23-22(26)15-10-17-8-11-18(29-5)12-9-17/h8-16H,6-7H2,1-5H3,(H,23,26)/b15-10+. The minimum atomic E-state index is -3.63. The van der Waals surface area contributed by atoms with E-state index in [4.69, 9.17) is 4.74 Å². The average molecular weight is 432 g/mol. The Labute approximate surface area is 179 Å².